The molecule has 5 N–H and O–H groups in total. The number of carboxylic acid groups (broad SMARTS) is 1. The van der Waals surface area contributed by atoms with Gasteiger partial charge in [0.05, 0.1) is 12.3 Å². The fourth-order valence-electron chi connectivity index (χ4n) is 0.812. The largest absolute Gasteiger partial charge is 0.480 e. The summed E-state index contributed by atoms with van der Waals surface area (Å²) in [5.74, 6) is -0.760. The Balaban J connectivity index is 2.71. The van der Waals surface area contributed by atoms with E-state index in [0.717, 1.165) is 0 Å². The van der Waals surface area contributed by atoms with E-state index in [1.165, 1.54) is 6.26 Å². The van der Waals surface area contributed by atoms with Gasteiger partial charge in [-0.2, -0.15) is 0 Å². The summed E-state index contributed by atoms with van der Waals surface area (Å²) in [6.07, 6.45) is 1.42. The smallest absolute Gasteiger partial charge is 0.322 e. The Bertz CT molecular complexity index is 258. The van der Waals surface area contributed by atoms with E-state index in [4.69, 9.17) is 21.0 Å². The minimum absolute atomic E-state index is 0.380. The van der Waals surface area contributed by atoms with Crippen LogP contribution >= 0.6 is 0 Å². The molecule has 0 fully saturated rings. The van der Waals surface area contributed by atoms with Crippen molar-refractivity contribution >= 4 is 5.97 Å². The van der Waals surface area contributed by atoms with Crippen molar-refractivity contribution in [2.24, 2.45) is 11.5 Å². The second-order valence-electron chi connectivity index (χ2n) is 2.41. The summed E-state index contributed by atoms with van der Waals surface area (Å²) in [7, 11) is 0. The summed E-state index contributed by atoms with van der Waals surface area (Å²) in [4.78, 5) is 10.4. The molecule has 0 saturated carbocycles. The van der Waals surface area contributed by atoms with Gasteiger partial charge in [-0.3, -0.25) is 4.79 Å². The molecule has 0 spiro atoms. The van der Waals surface area contributed by atoms with E-state index < -0.39 is 18.1 Å². The fraction of sp³-hybridized carbons (Fsp3) is 0.286. The third-order valence-corrected chi connectivity index (χ3v) is 1.54. The number of hydrogen-bond donors (Lipinski definition) is 3. The van der Waals surface area contributed by atoms with Gasteiger partial charge in [0.15, 0.2) is 0 Å². The molecular weight excluding hydrogens is 160 g/mol. The summed E-state index contributed by atoms with van der Waals surface area (Å²) < 4.78 is 4.90. The lowest BCUT2D eigenvalue weighted by atomic mass is 10.1. The van der Waals surface area contributed by atoms with Crippen LogP contribution in [-0.4, -0.2) is 17.1 Å². The van der Waals surface area contributed by atoms with Crippen LogP contribution in [0.15, 0.2) is 22.8 Å². The molecule has 0 aliphatic rings. The van der Waals surface area contributed by atoms with Crippen LogP contribution < -0.4 is 11.5 Å². The highest BCUT2D eigenvalue weighted by Gasteiger charge is 2.23. The van der Waals surface area contributed by atoms with Gasteiger partial charge in [0.25, 0.3) is 0 Å². The zero-order valence-electron chi connectivity index (χ0n) is 6.31. The van der Waals surface area contributed by atoms with Gasteiger partial charge in [-0.25, -0.2) is 0 Å². The highest BCUT2D eigenvalue weighted by atomic mass is 16.4. The predicted molar refractivity (Wildman–Crippen MR) is 41.2 cm³/mol. The minimum Gasteiger partial charge on any atom is -0.480 e. The Morgan fingerprint density at radius 3 is 2.67 bits per heavy atom. The van der Waals surface area contributed by atoms with Gasteiger partial charge in [0.1, 0.15) is 11.8 Å². The second-order valence-corrected chi connectivity index (χ2v) is 2.41. The molecule has 0 amide bonds. The van der Waals surface area contributed by atoms with Crippen molar-refractivity contribution in [2.45, 2.75) is 12.1 Å². The van der Waals surface area contributed by atoms with Crippen LogP contribution in [0.3, 0.4) is 0 Å². The normalized spacial score (nSPS) is 15.5. The Hall–Kier alpha value is -1.33. The fourth-order valence-corrected chi connectivity index (χ4v) is 0.812. The minimum atomic E-state index is -1.14. The number of furan rings is 1. The summed E-state index contributed by atoms with van der Waals surface area (Å²) in [5, 5.41) is 8.50. The van der Waals surface area contributed by atoms with E-state index in [1.54, 1.807) is 12.1 Å². The molecule has 0 aromatic carbocycles. The van der Waals surface area contributed by atoms with E-state index >= 15 is 0 Å². The highest BCUT2D eigenvalue weighted by Crippen LogP contribution is 2.12. The van der Waals surface area contributed by atoms with Crippen LogP contribution in [0.2, 0.25) is 0 Å². The second kappa shape index (κ2) is 3.38. The molecule has 1 heterocycles. The monoisotopic (exact) mass is 170 g/mol. The van der Waals surface area contributed by atoms with Crippen molar-refractivity contribution in [3.8, 4) is 0 Å². The summed E-state index contributed by atoms with van der Waals surface area (Å²) in [6, 6.07) is 1.30. The summed E-state index contributed by atoms with van der Waals surface area (Å²) >= 11 is 0. The highest BCUT2D eigenvalue weighted by molar-refractivity contribution is 5.74. The Labute approximate surface area is 69.0 Å². The average Bonchev–Trinajstić information content (AvgIpc) is 2.53. The molecule has 66 valence electrons. The number of carboxylic acids is 1. The van der Waals surface area contributed by atoms with Crippen LogP contribution in [0.4, 0.5) is 0 Å². The molecule has 1 aromatic rings. The van der Waals surface area contributed by atoms with Crippen LogP contribution in [0.5, 0.6) is 0 Å². The van der Waals surface area contributed by atoms with E-state index in [0.29, 0.717) is 5.76 Å². The van der Waals surface area contributed by atoms with Gasteiger partial charge in [0.2, 0.25) is 0 Å². The van der Waals surface area contributed by atoms with Crippen molar-refractivity contribution in [1.29, 1.82) is 0 Å². The predicted octanol–water partition coefficient (Wildman–Crippen LogP) is -0.309. The first-order valence-electron chi connectivity index (χ1n) is 3.40. The molecule has 5 heteroatoms. The molecule has 0 aliphatic carbocycles. The molecule has 1 aromatic heterocycles. The molecule has 1 rings (SSSR count). The zero-order chi connectivity index (χ0) is 9.14. The molecular formula is C7H10N2O3. The molecule has 12 heavy (non-hydrogen) atoms. The summed E-state index contributed by atoms with van der Waals surface area (Å²) in [5.41, 5.74) is 10.8. The first-order valence-corrected chi connectivity index (χ1v) is 3.40. The molecule has 0 aliphatic heterocycles. The number of rotatable bonds is 3. The van der Waals surface area contributed by atoms with Gasteiger partial charge in [-0.15, -0.1) is 0 Å². The Morgan fingerprint density at radius 2 is 2.25 bits per heavy atom. The standard InChI is InChI=1S/C7H10N2O3/c8-5(6(9)7(10)11)4-2-1-3-12-4/h1-3,5-6H,8-9H2,(H,10,11)/t5-,6-/m0/s1. The first-order chi connectivity index (χ1) is 5.63. The van der Waals surface area contributed by atoms with E-state index in [-0.39, 0.29) is 0 Å². The van der Waals surface area contributed by atoms with Crippen molar-refractivity contribution in [1.82, 2.24) is 0 Å². The molecule has 5 nitrogen and oxygen atoms in total. The molecule has 2 atom stereocenters. The average molecular weight is 170 g/mol. The van der Waals surface area contributed by atoms with Gasteiger partial charge in [0, 0.05) is 0 Å². The molecule has 0 radical (unpaired) electrons. The number of carbonyl (C=O) groups is 1. The maximum Gasteiger partial charge on any atom is 0.322 e. The maximum atomic E-state index is 10.4. The van der Waals surface area contributed by atoms with Crippen LogP contribution in [0, 0.1) is 0 Å². The first kappa shape index (κ1) is 8.76. The van der Waals surface area contributed by atoms with Crippen molar-refractivity contribution in [2.75, 3.05) is 0 Å². The third-order valence-electron chi connectivity index (χ3n) is 1.54. The zero-order valence-corrected chi connectivity index (χ0v) is 6.31. The van der Waals surface area contributed by atoms with Gasteiger partial charge < -0.3 is 21.0 Å². The van der Waals surface area contributed by atoms with E-state index in [9.17, 15) is 4.79 Å². The third kappa shape index (κ3) is 1.63. The topological polar surface area (TPSA) is 102 Å². The number of hydrogen-bond acceptors (Lipinski definition) is 4. The van der Waals surface area contributed by atoms with E-state index in [1.807, 2.05) is 0 Å². The lowest BCUT2D eigenvalue weighted by Crippen LogP contribution is -2.40. The molecule has 0 bridgehead atoms. The van der Waals surface area contributed by atoms with Crippen LogP contribution in [0.1, 0.15) is 11.8 Å². The van der Waals surface area contributed by atoms with Gasteiger partial charge in [-0.1, -0.05) is 0 Å². The lowest BCUT2D eigenvalue weighted by molar-refractivity contribution is -0.139. The molecule has 0 saturated heterocycles. The van der Waals surface area contributed by atoms with Crippen LogP contribution in [-0.2, 0) is 4.79 Å². The van der Waals surface area contributed by atoms with Crippen molar-refractivity contribution < 1.29 is 14.3 Å². The van der Waals surface area contributed by atoms with E-state index in [2.05, 4.69) is 0 Å². The number of nitrogens with two attached hydrogens (primary N) is 2. The maximum absolute atomic E-state index is 10.4. The van der Waals surface area contributed by atoms with Crippen LogP contribution in [0.25, 0.3) is 0 Å². The van der Waals surface area contributed by atoms with Crippen molar-refractivity contribution in [3.63, 3.8) is 0 Å². The molecule has 0 unspecified atom stereocenters. The SMILES string of the molecule is N[C@H](C(=O)O)[C@@H](N)c1ccco1. The Kier molecular flexibility index (Phi) is 2.47. The number of aliphatic carboxylic acids is 1. The lowest BCUT2D eigenvalue weighted by Gasteiger charge is -2.12. The summed E-state index contributed by atoms with van der Waals surface area (Å²) in [6.45, 7) is 0. The van der Waals surface area contributed by atoms with Gasteiger partial charge in [-0.05, 0) is 12.1 Å². The van der Waals surface area contributed by atoms with Gasteiger partial charge >= 0.3 is 5.97 Å². The quantitative estimate of drug-likeness (QED) is 0.577. The Morgan fingerprint density at radius 1 is 1.58 bits per heavy atom. The van der Waals surface area contributed by atoms with Crippen molar-refractivity contribution in [3.05, 3.63) is 24.2 Å².